The van der Waals surface area contributed by atoms with Gasteiger partial charge < -0.3 is 0 Å². The van der Waals surface area contributed by atoms with Crippen molar-refractivity contribution in [3.8, 4) is 17.6 Å². The Balaban J connectivity index is 1.46. The second kappa shape index (κ2) is 21.4. The number of amides is 1. The quantitative estimate of drug-likeness (QED) is 0.0312. The number of carbonyl (C=O) groups is 1. The van der Waals surface area contributed by atoms with Crippen molar-refractivity contribution in [2.75, 3.05) is 32.8 Å². The molecule has 0 spiro atoms. The van der Waals surface area contributed by atoms with Crippen molar-refractivity contribution < 1.29 is 50.2 Å². The number of aromatic nitrogens is 4. The van der Waals surface area contributed by atoms with Crippen LogP contribution in [0.25, 0.3) is 11.2 Å². The van der Waals surface area contributed by atoms with E-state index in [2.05, 4.69) is 40.2 Å². The van der Waals surface area contributed by atoms with Gasteiger partial charge >= 0.3 is 333 Å². The zero-order valence-electron chi connectivity index (χ0n) is 35.1. The van der Waals surface area contributed by atoms with E-state index in [0.717, 1.165) is 40.3 Å². The van der Waals surface area contributed by atoms with Gasteiger partial charge in [0.05, 0.1) is 14.2 Å². The molecule has 1 aliphatic rings. The molecule has 2 aromatic heterocycles. The van der Waals surface area contributed by atoms with E-state index in [-0.39, 0.29) is 42.7 Å². The molecule has 1 amide bonds. The number of H-pyrrole nitrogens is 1. The van der Waals surface area contributed by atoms with E-state index in [0.29, 0.717) is 11.5 Å². The number of aromatic amines is 1. The monoisotopic (exact) mass is 901 g/mol. The van der Waals surface area contributed by atoms with Gasteiger partial charge in [-0.3, -0.25) is 0 Å². The van der Waals surface area contributed by atoms with Crippen molar-refractivity contribution in [3.05, 3.63) is 112 Å². The van der Waals surface area contributed by atoms with E-state index in [9.17, 15) is 14.9 Å². The van der Waals surface area contributed by atoms with Gasteiger partial charge in [-0.25, -0.2) is 0 Å². The number of rotatable bonds is 21. The molecular weight excluding hydrogens is 849 g/mol. The first kappa shape index (κ1) is 45.8. The van der Waals surface area contributed by atoms with Crippen molar-refractivity contribution in [3.63, 3.8) is 0 Å². The zero-order valence-corrected chi connectivity index (χ0v) is 37.0. The maximum atomic E-state index is 17.6. The summed E-state index contributed by atoms with van der Waals surface area (Å²) in [7, 11) is 1.51. The Morgan fingerprint density at radius 1 is 1.00 bits per heavy atom. The summed E-state index contributed by atoms with van der Waals surface area (Å²) in [5.74, 6) is 0.442. The van der Waals surface area contributed by atoms with Crippen LogP contribution in [0.5, 0.6) is 11.5 Å². The minimum absolute atomic E-state index is 0.0102. The van der Waals surface area contributed by atoms with Crippen LogP contribution in [0.4, 0.5) is 10.3 Å². The van der Waals surface area contributed by atoms with Gasteiger partial charge in [0.2, 0.25) is 0 Å². The van der Waals surface area contributed by atoms with E-state index in [1.54, 1.807) is 28.1 Å². The van der Waals surface area contributed by atoms with E-state index in [1.165, 1.54) is 10.9 Å². The first-order valence-corrected chi connectivity index (χ1v) is 23.8. The van der Waals surface area contributed by atoms with E-state index in [4.69, 9.17) is 28.0 Å². The SMILES string of the molecule is CC[CH2][Ni]([CH2]CC)[P](OCCC#N)O[C@H]1[C@@H](F)[C@H](n2cnc3c(=O)[nH]c(NC(=O)C(C)C)nc32)O[C@@H]1COC(c1ccccc1)(c1ccc(OC)cc1)c1ccc(OC)cc1. The zero-order chi connectivity index (χ0) is 43.5. The van der Waals surface area contributed by atoms with Crippen molar-refractivity contribution in [1.82, 2.24) is 19.5 Å². The number of alkyl halides is 1. The third-order valence-corrected chi connectivity index (χ3v) is 16.4. The Labute approximate surface area is 360 Å². The van der Waals surface area contributed by atoms with Crippen molar-refractivity contribution in [1.29, 1.82) is 5.26 Å². The number of benzene rings is 3. The second-order valence-electron chi connectivity index (χ2n) is 14.4. The molecule has 1 fully saturated rings. The van der Waals surface area contributed by atoms with Crippen LogP contribution in [0.1, 0.15) is 69.9 Å². The molecule has 3 heterocycles. The molecule has 5 atom stereocenters. The van der Waals surface area contributed by atoms with Crippen LogP contribution >= 0.6 is 7.15 Å². The van der Waals surface area contributed by atoms with Crippen LogP contribution in [0.2, 0.25) is 10.8 Å². The fourth-order valence-corrected chi connectivity index (χ4v) is 13.2. The molecule has 1 saturated heterocycles. The number of nitriles is 1. The number of hydrogen-bond acceptors (Lipinski definition) is 11. The molecule has 5 aromatic rings. The number of hydrogen-bond donors (Lipinski definition) is 2. The van der Waals surface area contributed by atoms with Gasteiger partial charge in [0, 0.05) is 0 Å². The summed E-state index contributed by atoms with van der Waals surface area (Å²) in [6.45, 7) is 7.54. The molecule has 0 aliphatic carbocycles. The Morgan fingerprint density at radius 3 is 2.16 bits per heavy atom. The van der Waals surface area contributed by atoms with Gasteiger partial charge in [-0.2, -0.15) is 0 Å². The summed E-state index contributed by atoms with van der Waals surface area (Å²) in [4.78, 5) is 37.1. The Morgan fingerprint density at radius 2 is 1.61 bits per heavy atom. The number of methoxy groups -OCH3 is 2. The number of fused-ring (bicyclic) bond motifs is 1. The van der Waals surface area contributed by atoms with Gasteiger partial charge in [0.25, 0.3) is 0 Å². The maximum absolute atomic E-state index is 17.6. The normalized spacial score (nSPS) is 18.5. The van der Waals surface area contributed by atoms with Crippen molar-refractivity contribution >= 4 is 30.2 Å². The van der Waals surface area contributed by atoms with E-state index < -0.39 is 61.8 Å². The summed E-state index contributed by atoms with van der Waals surface area (Å²) in [5.41, 5.74) is 0.399. The van der Waals surface area contributed by atoms with Crippen LogP contribution in [0, 0.1) is 17.2 Å². The first-order chi connectivity index (χ1) is 29.6. The first-order valence-electron chi connectivity index (χ1n) is 20.1. The third kappa shape index (κ3) is 10.3. The Hall–Kier alpha value is -4.74. The second-order valence-corrected chi connectivity index (χ2v) is 20.1. The molecule has 3 aromatic carbocycles. The Kier molecular flexibility index (Phi) is 16.0. The van der Waals surface area contributed by atoms with Gasteiger partial charge in [0.1, 0.15) is 0 Å². The number of imidazole rings is 1. The summed E-state index contributed by atoms with van der Waals surface area (Å²) in [5, 5.41) is 13.6. The van der Waals surface area contributed by atoms with Crippen LogP contribution in [0.15, 0.2) is 90.0 Å². The predicted octanol–water partition coefficient (Wildman–Crippen LogP) is 8.79. The van der Waals surface area contributed by atoms with Gasteiger partial charge in [-0.05, 0) is 0 Å². The molecule has 14 nitrogen and oxygen atoms in total. The fraction of sp³-hybridized carbons (Fsp3) is 0.432. The minimum atomic E-state index is -1.84. The van der Waals surface area contributed by atoms with Crippen LogP contribution < -0.4 is 20.3 Å². The van der Waals surface area contributed by atoms with E-state index >= 15 is 4.39 Å². The average molecular weight is 903 g/mol. The summed E-state index contributed by atoms with van der Waals surface area (Å²) >= 11 is -0.560. The number of ether oxygens (including phenoxy) is 4. The van der Waals surface area contributed by atoms with Gasteiger partial charge in [-0.1, -0.05) is 13.8 Å². The number of nitrogens with zero attached hydrogens (tertiary/aromatic N) is 4. The third-order valence-electron chi connectivity index (χ3n) is 9.82. The molecule has 6 rings (SSSR count). The standard InChI is InChI=1S/C38H39FN6O8P.2C3H7.Ni/c1-23(2)34(46)43-37-42-33-31(35(47)44-37)41-22-45(33)36-30(39)32(53-54-51-20-8-19-40)29(52-36)21-50-38(24-9-6-5-7-10-24,25-11-15-27(48-3)16-12-25)26-13-17-28(49-4)18-14-26;2*1-3-2;/h5-7,9-18,22-23,29-30,32,36H,8,20-21H2,1-4H3,(H2,42,43,44,46,47);2*1,3H2,2H3;/q-1;;;+1/t29-,30-,32-,36-;;;/m1.../s1. The predicted molar refractivity (Wildman–Crippen MR) is 227 cm³/mol. The molecule has 1 unspecified atom stereocenters. The Bertz CT molecular complexity index is 2240. The summed E-state index contributed by atoms with van der Waals surface area (Å²) in [6, 6.07) is 27.0. The van der Waals surface area contributed by atoms with Crippen LogP contribution in [0.3, 0.4) is 0 Å². The molecular formula is C44H53FN6NiO8P. The van der Waals surface area contributed by atoms with Gasteiger partial charge in [0.15, 0.2) is 0 Å². The fourth-order valence-electron chi connectivity index (χ4n) is 6.83. The molecule has 329 valence electrons. The van der Waals surface area contributed by atoms with Gasteiger partial charge in [-0.15, -0.1) is 0 Å². The average Bonchev–Trinajstić information content (AvgIpc) is 3.84. The molecule has 61 heavy (non-hydrogen) atoms. The summed E-state index contributed by atoms with van der Waals surface area (Å²) in [6.07, 6.45) is -2.30. The number of nitrogens with one attached hydrogen (secondary N) is 2. The van der Waals surface area contributed by atoms with Crippen LogP contribution in [-0.4, -0.2) is 71.2 Å². The topological polar surface area (TPSA) is 172 Å². The molecule has 0 bridgehead atoms. The molecule has 17 heteroatoms. The van der Waals surface area contributed by atoms with Crippen molar-refractivity contribution in [2.24, 2.45) is 5.92 Å². The van der Waals surface area contributed by atoms with Crippen LogP contribution in [-0.2, 0) is 41.9 Å². The number of carbonyl (C=O) groups excluding carboxylic acids is 1. The summed E-state index contributed by atoms with van der Waals surface area (Å²) < 4.78 is 57.0. The molecule has 2 N–H and O–H groups in total. The number of halogens is 1. The van der Waals surface area contributed by atoms with Crippen molar-refractivity contribution in [2.45, 2.75) is 87.9 Å². The molecule has 0 saturated carbocycles. The molecule has 0 radical (unpaired) electrons. The molecule has 1 aliphatic heterocycles. The van der Waals surface area contributed by atoms with E-state index in [1.807, 2.05) is 78.9 Å². The number of anilines is 1.